The Labute approximate surface area is 141 Å². The summed E-state index contributed by atoms with van der Waals surface area (Å²) in [6.45, 7) is 7.38. The second-order valence-corrected chi connectivity index (χ2v) is 5.88. The Balaban J connectivity index is 2.69. The molecule has 0 aliphatic carbocycles. The number of aliphatic imine (C=N–C) groups is 1. The molecule has 1 rings (SSSR count). The molecule has 0 saturated carbocycles. The van der Waals surface area contributed by atoms with Gasteiger partial charge < -0.3 is 20.3 Å². The number of benzene rings is 1. The fourth-order valence-corrected chi connectivity index (χ4v) is 2.30. The minimum absolute atomic E-state index is 0.269. The predicted octanol–water partition coefficient (Wildman–Crippen LogP) is 2.19. The molecule has 0 aromatic heterocycles. The number of aryl methyl sites for hydroxylation is 1. The van der Waals surface area contributed by atoms with Crippen molar-refractivity contribution in [3.05, 3.63) is 35.4 Å². The zero-order valence-corrected chi connectivity index (χ0v) is 15.2. The highest BCUT2D eigenvalue weighted by molar-refractivity contribution is 5.79. The normalized spacial score (nSPS) is 13.2. The molecule has 1 atom stereocenters. The molecule has 1 unspecified atom stereocenters. The van der Waals surface area contributed by atoms with Gasteiger partial charge in [-0.3, -0.25) is 4.99 Å². The maximum atomic E-state index is 5.07. The minimum atomic E-state index is 0.269. The first-order valence-corrected chi connectivity index (χ1v) is 8.32. The van der Waals surface area contributed by atoms with Crippen molar-refractivity contribution in [2.45, 2.75) is 26.3 Å². The van der Waals surface area contributed by atoms with Gasteiger partial charge in [-0.25, -0.2) is 0 Å². The van der Waals surface area contributed by atoms with Crippen LogP contribution in [-0.4, -0.2) is 58.3 Å². The Bertz CT molecular complexity index is 457. The highest BCUT2D eigenvalue weighted by atomic mass is 16.5. The Morgan fingerprint density at radius 1 is 1.22 bits per heavy atom. The number of hydrogen-bond donors (Lipinski definition) is 2. The predicted molar refractivity (Wildman–Crippen MR) is 98.1 cm³/mol. The van der Waals surface area contributed by atoms with Crippen molar-refractivity contribution in [1.82, 2.24) is 15.5 Å². The third-order valence-corrected chi connectivity index (χ3v) is 3.67. The van der Waals surface area contributed by atoms with E-state index in [4.69, 9.17) is 9.73 Å². The number of guanidine groups is 1. The topological polar surface area (TPSA) is 48.9 Å². The fourth-order valence-electron chi connectivity index (χ4n) is 2.30. The lowest BCUT2D eigenvalue weighted by Crippen LogP contribution is -2.38. The zero-order valence-electron chi connectivity index (χ0n) is 15.2. The molecule has 0 spiro atoms. The van der Waals surface area contributed by atoms with E-state index in [0.717, 1.165) is 38.6 Å². The van der Waals surface area contributed by atoms with Crippen molar-refractivity contribution >= 4 is 5.96 Å². The van der Waals surface area contributed by atoms with Gasteiger partial charge in [-0.2, -0.15) is 0 Å². The molecule has 0 radical (unpaired) electrons. The molecule has 1 aromatic rings. The number of hydrogen-bond acceptors (Lipinski definition) is 3. The smallest absolute Gasteiger partial charge is 0.191 e. The third kappa shape index (κ3) is 7.48. The minimum Gasteiger partial charge on any atom is -0.385 e. The lowest BCUT2D eigenvalue weighted by Gasteiger charge is -2.24. The van der Waals surface area contributed by atoms with Crippen LogP contribution in [0.15, 0.2) is 29.3 Å². The van der Waals surface area contributed by atoms with Gasteiger partial charge in [0, 0.05) is 26.8 Å². The van der Waals surface area contributed by atoms with Crippen LogP contribution in [0.3, 0.4) is 0 Å². The summed E-state index contributed by atoms with van der Waals surface area (Å²) in [5, 5.41) is 6.64. The average Bonchev–Trinajstić information content (AvgIpc) is 2.53. The summed E-state index contributed by atoms with van der Waals surface area (Å²) in [6.07, 6.45) is 0.968. The van der Waals surface area contributed by atoms with Gasteiger partial charge in [0.1, 0.15) is 0 Å². The van der Waals surface area contributed by atoms with Crippen LogP contribution < -0.4 is 10.6 Å². The fraction of sp³-hybridized carbons (Fsp3) is 0.611. The molecule has 0 aliphatic heterocycles. The molecule has 0 amide bonds. The van der Waals surface area contributed by atoms with Gasteiger partial charge >= 0.3 is 0 Å². The first-order valence-electron chi connectivity index (χ1n) is 8.32. The Kier molecular flexibility index (Phi) is 9.33. The van der Waals surface area contributed by atoms with Crippen LogP contribution in [-0.2, 0) is 4.74 Å². The van der Waals surface area contributed by atoms with Crippen LogP contribution in [0.4, 0.5) is 0 Å². The van der Waals surface area contributed by atoms with Gasteiger partial charge in [-0.05, 0) is 39.9 Å². The summed E-state index contributed by atoms with van der Waals surface area (Å²) in [5.41, 5.74) is 2.57. The molecule has 2 N–H and O–H groups in total. The van der Waals surface area contributed by atoms with Gasteiger partial charge in [-0.15, -0.1) is 0 Å². The summed E-state index contributed by atoms with van der Waals surface area (Å²) in [7, 11) is 5.92. The molecule has 0 bridgehead atoms. The molecule has 0 heterocycles. The summed E-state index contributed by atoms with van der Waals surface area (Å²) in [6, 6.07) is 8.96. The van der Waals surface area contributed by atoms with E-state index in [2.05, 4.69) is 67.7 Å². The van der Waals surface area contributed by atoms with Crippen LogP contribution >= 0.6 is 0 Å². The lowest BCUT2D eigenvalue weighted by molar-refractivity contribution is 0.195. The van der Waals surface area contributed by atoms with Gasteiger partial charge in [-0.1, -0.05) is 29.8 Å². The van der Waals surface area contributed by atoms with Crippen molar-refractivity contribution < 1.29 is 4.74 Å². The van der Waals surface area contributed by atoms with E-state index in [0.29, 0.717) is 0 Å². The molecule has 0 fully saturated rings. The van der Waals surface area contributed by atoms with Gasteiger partial charge in [0.25, 0.3) is 0 Å². The molecule has 0 saturated heterocycles. The number of methoxy groups -OCH3 is 1. The summed E-state index contributed by atoms with van der Waals surface area (Å²) >= 11 is 0. The molecule has 5 nitrogen and oxygen atoms in total. The standard InChI is InChI=1S/C18H32N4O/c1-6-19-18(20-12-7-13-23-5)21-14-17(22(3)4)16-10-8-15(2)9-11-16/h8-11,17H,6-7,12-14H2,1-5H3,(H2,19,20,21). The maximum absolute atomic E-state index is 5.07. The second-order valence-electron chi connectivity index (χ2n) is 5.88. The number of ether oxygens (including phenoxy) is 1. The van der Waals surface area contributed by atoms with Crippen molar-refractivity contribution in [2.75, 3.05) is 47.4 Å². The van der Waals surface area contributed by atoms with Crippen LogP contribution in [0.5, 0.6) is 0 Å². The van der Waals surface area contributed by atoms with Gasteiger partial charge in [0.15, 0.2) is 5.96 Å². The largest absolute Gasteiger partial charge is 0.385 e. The quantitative estimate of drug-likeness (QED) is 0.416. The number of nitrogens with zero attached hydrogens (tertiary/aromatic N) is 2. The maximum Gasteiger partial charge on any atom is 0.191 e. The van der Waals surface area contributed by atoms with E-state index in [-0.39, 0.29) is 6.04 Å². The number of rotatable bonds is 9. The van der Waals surface area contributed by atoms with Gasteiger partial charge in [0.05, 0.1) is 12.6 Å². The highest BCUT2D eigenvalue weighted by Crippen LogP contribution is 2.19. The number of nitrogens with one attached hydrogen (secondary N) is 2. The number of likely N-dealkylation sites (N-methyl/N-ethyl adjacent to an activating group) is 1. The molecule has 5 heteroatoms. The van der Waals surface area contributed by atoms with Crippen molar-refractivity contribution in [3.8, 4) is 0 Å². The SMILES string of the molecule is CCNC(=NCC(c1ccc(C)cc1)N(C)C)NCCCOC. The van der Waals surface area contributed by atoms with Crippen molar-refractivity contribution in [1.29, 1.82) is 0 Å². The van der Waals surface area contributed by atoms with E-state index >= 15 is 0 Å². The van der Waals surface area contributed by atoms with E-state index in [1.54, 1.807) is 7.11 Å². The highest BCUT2D eigenvalue weighted by Gasteiger charge is 2.13. The van der Waals surface area contributed by atoms with Crippen molar-refractivity contribution in [3.63, 3.8) is 0 Å². The molecule has 130 valence electrons. The van der Waals surface area contributed by atoms with Crippen LogP contribution in [0.1, 0.15) is 30.5 Å². The molecule has 1 aromatic carbocycles. The molecule has 0 aliphatic rings. The lowest BCUT2D eigenvalue weighted by atomic mass is 10.0. The molecular weight excluding hydrogens is 288 g/mol. The summed E-state index contributed by atoms with van der Waals surface area (Å²) in [4.78, 5) is 6.95. The Morgan fingerprint density at radius 3 is 2.48 bits per heavy atom. The van der Waals surface area contributed by atoms with Crippen LogP contribution in [0.2, 0.25) is 0 Å². The Morgan fingerprint density at radius 2 is 1.91 bits per heavy atom. The first kappa shape index (κ1) is 19.5. The first-order chi connectivity index (χ1) is 11.1. The zero-order chi connectivity index (χ0) is 17.1. The van der Waals surface area contributed by atoms with Crippen LogP contribution in [0, 0.1) is 6.92 Å². The van der Waals surface area contributed by atoms with Crippen LogP contribution in [0.25, 0.3) is 0 Å². The second kappa shape index (κ2) is 11.0. The summed E-state index contributed by atoms with van der Waals surface area (Å²) < 4.78 is 5.07. The molecule has 23 heavy (non-hydrogen) atoms. The van der Waals surface area contributed by atoms with E-state index < -0.39 is 0 Å². The van der Waals surface area contributed by atoms with E-state index in [1.165, 1.54) is 11.1 Å². The summed E-state index contributed by atoms with van der Waals surface area (Å²) in [5.74, 6) is 0.863. The van der Waals surface area contributed by atoms with Crippen molar-refractivity contribution in [2.24, 2.45) is 4.99 Å². The van der Waals surface area contributed by atoms with E-state index in [9.17, 15) is 0 Å². The van der Waals surface area contributed by atoms with Gasteiger partial charge in [0.2, 0.25) is 0 Å². The molecular formula is C18H32N4O. The average molecular weight is 320 g/mol. The third-order valence-electron chi connectivity index (χ3n) is 3.67. The monoisotopic (exact) mass is 320 g/mol. The van der Waals surface area contributed by atoms with E-state index in [1.807, 2.05) is 0 Å². The Hall–Kier alpha value is -1.59.